The molecule has 28 heavy (non-hydrogen) atoms. The largest absolute Gasteiger partial charge is 0.341 e. The number of aryl methyl sites for hydroxylation is 1. The number of sulfone groups is 1. The van der Waals surface area contributed by atoms with Crippen molar-refractivity contribution in [1.82, 2.24) is 4.90 Å². The van der Waals surface area contributed by atoms with Crippen molar-refractivity contribution in [2.75, 3.05) is 13.1 Å². The van der Waals surface area contributed by atoms with Crippen LogP contribution in [0, 0.1) is 11.6 Å². The smallest absolute Gasteiger partial charge is 0.222 e. The Morgan fingerprint density at radius 1 is 1.14 bits per heavy atom. The van der Waals surface area contributed by atoms with Gasteiger partial charge in [0.25, 0.3) is 0 Å². The van der Waals surface area contributed by atoms with E-state index in [1.54, 1.807) is 11.0 Å². The highest BCUT2D eigenvalue weighted by Gasteiger charge is 2.33. The van der Waals surface area contributed by atoms with Gasteiger partial charge in [-0.05, 0) is 61.2 Å². The van der Waals surface area contributed by atoms with Gasteiger partial charge in [0, 0.05) is 19.5 Å². The third-order valence-electron chi connectivity index (χ3n) is 4.92. The molecule has 4 nitrogen and oxygen atoms in total. The number of likely N-dealkylation sites (tertiary alicyclic amines) is 1. The summed E-state index contributed by atoms with van der Waals surface area (Å²) in [5.41, 5.74) is 0.743. The molecule has 0 aromatic heterocycles. The van der Waals surface area contributed by atoms with Gasteiger partial charge >= 0.3 is 0 Å². The minimum Gasteiger partial charge on any atom is -0.341 e. The van der Waals surface area contributed by atoms with Gasteiger partial charge in [-0.3, -0.25) is 4.79 Å². The van der Waals surface area contributed by atoms with Gasteiger partial charge < -0.3 is 4.90 Å². The summed E-state index contributed by atoms with van der Waals surface area (Å²) in [4.78, 5) is 14.2. The van der Waals surface area contributed by atoms with E-state index in [1.165, 1.54) is 24.3 Å². The lowest BCUT2D eigenvalue weighted by atomic mass is 10.1. The number of nitrogens with zero attached hydrogens (tertiary/aromatic N) is 1. The van der Waals surface area contributed by atoms with E-state index in [0.29, 0.717) is 25.8 Å². The molecule has 0 spiro atoms. The molecular formula is C20H20ClF2NO3S. The van der Waals surface area contributed by atoms with Crippen molar-refractivity contribution in [2.45, 2.75) is 35.8 Å². The van der Waals surface area contributed by atoms with Crippen LogP contribution < -0.4 is 0 Å². The molecule has 1 heterocycles. The predicted octanol–water partition coefficient (Wildman–Crippen LogP) is 4.02. The summed E-state index contributed by atoms with van der Waals surface area (Å²) in [7, 11) is -3.64. The first-order valence-electron chi connectivity index (χ1n) is 8.98. The second-order valence-electron chi connectivity index (χ2n) is 6.85. The zero-order valence-electron chi connectivity index (χ0n) is 15.1. The Labute approximate surface area is 168 Å². The van der Waals surface area contributed by atoms with Crippen molar-refractivity contribution in [3.05, 3.63) is 64.7 Å². The molecule has 0 bridgehead atoms. The molecule has 2 aromatic rings. The molecule has 1 unspecified atom stereocenters. The maximum absolute atomic E-state index is 13.2. The fourth-order valence-electron chi connectivity index (χ4n) is 3.34. The Morgan fingerprint density at radius 3 is 2.54 bits per heavy atom. The summed E-state index contributed by atoms with van der Waals surface area (Å²) in [6.07, 6.45) is 1.62. The van der Waals surface area contributed by atoms with Crippen LogP contribution in [-0.4, -0.2) is 37.6 Å². The molecule has 2 aromatic carbocycles. The fraction of sp³-hybridized carbons (Fsp3) is 0.350. The maximum Gasteiger partial charge on any atom is 0.222 e. The molecule has 150 valence electrons. The number of hydrogen-bond acceptors (Lipinski definition) is 3. The van der Waals surface area contributed by atoms with Crippen molar-refractivity contribution >= 4 is 27.3 Å². The van der Waals surface area contributed by atoms with Crippen molar-refractivity contribution < 1.29 is 22.0 Å². The predicted molar refractivity (Wildman–Crippen MR) is 103 cm³/mol. The van der Waals surface area contributed by atoms with E-state index in [-0.39, 0.29) is 28.8 Å². The summed E-state index contributed by atoms with van der Waals surface area (Å²) in [6.45, 7) is 0.612. The zero-order chi connectivity index (χ0) is 20.3. The quantitative estimate of drug-likeness (QED) is 0.677. The van der Waals surface area contributed by atoms with E-state index < -0.39 is 26.7 Å². The number of piperidine rings is 1. The number of halogens is 3. The lowest BCUT2D eigenvalue weighted by Gasteiger charge is -2.32. The minimum atomic E-state index is -3.64. The van der Waals surface area contributed by atoms with Gasteiger partial charge in [-0.2, -0.15) is 0 Å². The van der Waals surface area contributed by atoms with Crippen LogP contribution in [0.15, 0.2) is 47.4 Å². The highest BCUT2D eigenvalue weighted by molar-refractivity contribution is 7.92. The Balaban J connectivity index is 1.64. The highest BCUT2D eigenvalue weighted by atomic mass is 35.5. The van der Waals surface area contributed by atoms with E-state index in [0.717, 1.165) is 17.7 Å². The fourth-order valence-corrected chi connectivity index (χ4v) is 5.30. The molecule has 8 heteroatoms. The molecule has 1 fully saturated rings. The third-order valence-corrected chi connectivity index (χ3v) is 7.40. The van der Waals surface area contributed by atoms with Gasteiger partial charge in [-0.15, -0.1) is 0 Å². The summed E-state index contributed by atoms with van der Waals surface area (Å²) in [6, 6.07) is 9.06. The lowest BCUT2D eigenvalue weighted by Crippen LogP contribution is -2.45. The van der Waals surface area contributed by atoms with Crippen molar-refractivity contribution in [3.63, 3.8) is 0 Å². The highest BCUT2D eigenvalue weighted by Crippen LogP contribution is 2.25. The normalized spacial score (nSPS) is 17.5. The van der Waals surface area contributed by atoms with Crippen LogP contribution in [0.3, 0.4) is 0 Å². The molecular weight excluding hydrogens is 408 g/mol. The first-order valence-corrected chi connectivity index (χ1v) is 10.9. The van der Waals surface area contributed by atoms with E-state index >= 15 is 0 Å². The van der Waals surface area contributed by atoms with E-state index in [4.69, 9.17) is 11.6 Å². The molecule has 1 saturated heterocycles. The van der Waals surface area contributed by atoms with Gasteiger partial charge in [0.05, 0.1) is 15.2 Å². The van der Waals surface area contributed by atoms with E-state index in [9.17, 15) is 22.0 Å². The second-order valence-corrected chi connectivity index (χ2v) is 9.49. The van der Waals surface area contributed by atoms with Crippen LogP contribution in [0.1, 0.15) is 24.8 Å². The Kier molecular flexibility index (Phi) is 6.35. The van der Waals surface area contributed by atoms with Gasteiger partial charge in [0.2, 0.25) is 5.91 Å². The van der Waals surface area contributed by atoms with Crippen molar-refractivity contribution in [1.29, 1.82) is 0 Å². The van der Waals surface area contributed by atoms with Gasteiger partial charge in [0.15, 0.2) is 9.84 Å². The number of amides is 1. The number of carbonyl (C=O) groups excluding carboxylic acids is 1. The van der Waals surface area contributed by atoms with Gasteiger partial charge in [-0.25, -0.2) is 17.2 Å². The molecule has 1 amide bonds. The number of benzene rings is 2. The summed E-state index contributed by atoms with van der Waals surface area (Å²) in [5, 5.41) is -0.704. The Morgan fingerprint density at radius 2 is 1.86 bits per heavy atom. The van der Waals surface area contributed by atoms with Gasteiger partial charge in [0.1, 0.15) is 11.6 Å². The molecule has 1 atom stereocenters. The average molecular weight is 428 g/mol. The first-order chi connectivity index (χ1) is 13.3. The first kappa shape index (κ1) is 20.7. The van der Waals surface area contributed by atoms with Crippen molar-refractivity contribution in [3.8, 4) is 0 Å². The van der Waals surface area contributed by atoms with Crippen molar-refractivity contribution in [2.24, 2.45) is 0 Å². The molecule has 1 aliphatic rings. The van der Waals surface area contributed by atoms with Gasteiger partial charge in [-0.1, -0.05) is 17.7 Å². The van der Waals surface area contributed by atoms with Crippen LogP contribution in [0.4, 0.5) is 8.78 Å². The van der Waals surface area contributed by atoms with E-state index in [2.05, 4.69) is 0 Å². The van der Waals surface area contributed by atoms with Crippen LogP contribution in [0.5, 0.6) is 0 Å². The molecule has 0 saturated carbocycles. The minimum absolute atomic E-state index is 0.00776. The Hall–Kier alpha value is -1.99. The van der Waals surface area contributed by atoms with E-state index in [1.807, 2.05) is 0 Å². The molecule has 3 rings (SSSR count). The number of hydrogen-bond donors (Lipinski definition) is 0. The molecule has 1 aliphatic heterocycles. The number of carbonyl (C=O) groups is 1. The Bertz CT molecular complexity index is 964. The van der Waals surface area contributed by atoms with Crippen LogP contribution in [-0.2, 0) is 21.1 Å². The molecule has 0 N–H and O–H groups in total. The maximum atomic E-state index is 13.2. The molecule has 0 radical (unpaired) electrons. The second kappa shape index (κ2) is 8.57. The SMILES string of the molecule is O=C(CCc1ccc(F)c(Cl)c1)N1CCCC(S(=O)(=O)c2ccc(F)cc2)C1. The lowest BCUT2D eigenvalue weighted by molar-refractivity contribution is -0.131. The topological polar surface area (TPSA) is 54.5 Å². The number of rotatable bonds is 5. The summed E-state index contributed by atoms with van der Waals surface area (Å²) in [5.74, 6) is -1.17. The summed E-state index contributed by atoms with van der Waals surface area (Å²) >= 11 is 5.75. The monoisotopic (exact) mass is 427 g/mol. The average Bonchev–Trinajstić information content (AvgIpc) is 2.69. The standard InChI is InChI=1S/C20H20ClF2NO3S/c21-18-12-14(3-9-19(18)23)4-10-20(25)24-11-1-2-17(13-24)28(26,27)16-7-5-15(22)6-8-16/h3,5-9,12,17H,1-2,4,10-11,13H2. The van der Waals surface area contributed by atoms with Crippen LogP contribution >= 0.6 is 11.6 Å². The molecule has 0 aliphatic carbocycles. The zero-order valence-corrected chi connectivity index (χ0v) is 16.6. The van der Waals surface area contributed by atoms with Crippen LogP contribution in [0.2, 0.25) is 5.02 Å². The van der Waals surface area contributed by atoms with Crippen LogP contribution in [0.25, 0.3) is 0 Å². The third kappa shape index (κ3) is 4.70. The summed E-state index contributed by atoms with van der Waals surface area (Å²) < 4.78 is 51.9.